The maximum absolute atomic E-state index is 13.4. The summed E-state index contributed by atoms with van der Waals surface area (Å²) in [4.78, 5) is -0.145. The van der Waals surface area contributed by atoms with E-state index in [2.05, 4.69) is 0 Å². The Morgan fingerprint density at radius 2 is 1.78 bits per heavy atom. The monoisotopic (exact) mass is 413 g/mol. The highest BCUT2D eigenvalue weighted by Gasteiger charge is 2.31. The SMILES string of the molecule is COc1cc(S(=O)(=O)c2cccc(F)c2)ccc1[C@@H]1CCN(S(C)(=O)=O)C1. The number of hydrogen-bond donors (Lipinski definition) is 0. The normalized spacial score (nSPS) is 18.6. The first-order valence-corrected chi connectivity index (χ1v) is 11.6. The molecule has 0 spiro atoms. The lowest BCUT2D eigenvalue weighted by molar-refractivity contribution is 0.403. The van der Waals surface area contributed by atoms with Crippen LogP contribution in [0.25, 0.3) is 0 Å². The third kappa shape index (κ3) is 3.99. The number of sulfonamides is 1. The van der Waals surface area contributed by atoms with Crippen molar-refractivity contribution in [2.45, 2.75) is 22.1 Å². The summed E-state index contributed by atoms with van der Waals surface area (Å²) in [7, 11) is -5.74. The average molecular weight is 413 g/mol. The second-order valence-corrected chi connectivity index (χ2v) is 10.4. The Bertz CT molecular complexity index is 1070. The fourth-order valence-corrected chi connectivity index (χ4v) is 5.44. The predicted octanol–water partition coefficient (Wildman–Crippen LogP) is 2.42. The highest BCUT2D eigenvalue weighted by molar-refractivity contribution is 7.91. The van der Waals surface area contributed by atoms with Gasteiger partial charge in [-0.25, -0.2) is 25.5 Å². The zero-order valence-corrected chi connectivity index (χ0v) is 16.6. The zero-order chi connectivity index (χ0) is 19.8. The Kier molecular flexibility index (Phi) is 5.29. The molecule has 1 aliphatic rings. The van der Waals surface area contributed by atoms with E-state index in [-0.39, 0.29) is 15.7 Å². The lowest BCUT2D eigenvalue weighted by Gasteiger charge is -2.17. The lowest BCUT2D eigenvalue weighted by atomic mass is 9.97. The predicted molar refractivity (Wildman–Crippen MR) is 98.6 cm³/mol. The van der Waals surface area contributed by atoms with Gasteiger partial charge in [-0.2, -0.15) is 0 Å². The fourth-order valence-electron chi connectivity index (χ4n) is 3.25. The lowest BCUT2D eigenvalue weighted by Crippen LogP contribution is -2.27. The first-order valence-electron chi connectivity index (χ1n) is 8.26. The number of rotatable bonds is 5. The molecular weight excluding hydrogens is 393 g/mol. The molecule has 0 bridgehead atoms. The van der Waals surface area contributed by atoms with Gasteiger partial charge in [0.1, 0.15) is 11.6 Å². The van der Waals surface area contributed by atoms with Gasteiger partial charge in [0, 0.05) is 19.0 Å². The van der Waals surface area contributed by atoms with Gasteiger partial charge in [0.15, 0.2) is 0 Å². The zero-order valence-electron chi connectivity index (χ0n) is 14.9. The van der Waals surface area contributed by atoms with Crippen molar-refractivity contribution >= 4 is 19.9 Å². The van der Waals surface area contributed by atoms with Gasteiger partial charge in [0.05, 0.1) is 23.2 Å². The van der Waals surface area contributed by atoms with Crippen LogP contribution >= 0.6 is 0 Å². The number of halogens is 1. The molecule has 1 atom stereocenters. The van der Waals surface area contributed by atoms with Crippen molar-refractivity contribution in [3.8, 4) is 5.75 Å². The van der Waals surface area contributed by atoms with Crippen molar-refractivity contribution in [3.05, 3.63) is 53.8 Å². The first-order chi connectivity index (χ1) is 12.6. The van der Waals surface area contributed by atoms with Crippen molar-refractivity contribution in [2.75, 3.05) is 26.5 Å². The molecule has 2 aromatic rings. The Balaban J connectivity index is 1.96. The van der Waals surface area contributed by atoms with E-state index in [1.807, 2.05) is 0 Å². The molecule has 6 nitrogen and oxygen atoms in total. The Hall–Kier alpha value is -1.97. The standard InChI is InChI=1S/C18H20FNO5S2/c1-25-18-11-16(27(23,24)15-5-3-4-14(19)10-15)6-7-17(18)13-8-9-20(12-13)26(2,21)22/h3-7,10-11,13H,8-9,12H2,1-2H3/t13-/m1/s1. The average Bonchev–Trinajstić information content (AvgIpc) is 3.11. The summed E-state index contributed by atoms with van der Waals surface area (Å²) in [5.74, 6) is -0.347. The molecule has 1 heterocycles. The Labute approximate surface area is 158 Å². The van der Waals surface area contributed by atoms with Crippen LogP contribution in [0.4, 0.5) is 4.39 Å². The van der Waals surface area contributed by atoms with E-state index >= 15 is 0 Å². The third-order valence-electron chi connectivity index (χ3n) is 4.68. The van der Waals surface area contributed by atoms with Crippen LogP contribution in [0.3, 0.4) is 0 Å². The molecular formula is C18H20FNO5S2. The molecule has 2 aromatic carbocycles. The van der Waals surface area contributed by atoms with Crippen LogP contribution < -0.4 is 4.74 Å². The summed E-state index contributed by atoms with van der Waals surface area (Å²) < 4.78 is 69.1. The molecule has 0 aromatic heterocycles. The molecule has 1 aliphatic heterocycles. The van der Waals surface area contributed by atoms with Gasteiger partial charge < -0.3 is 4.74 Å². The number of sulfone groups is 1. The number of hydrogen-bond acceptors (Lipinski definition) is 5. The summed E-state index contributed by atoms with van der Waals surface area (Å²) in [5, 5.41) is 0. The highest BCUT2D eigenvalue weighted by Crippen LogP contribution is 2.36. The van der Waals surface area contributed by atoms with Crippen molar-refractivity contribution in [3.63, 3.8) is 0 Å². The van der Waals surface area contributed by atoms with Crippen molar-refractivity contribution < 1.29 is 26.0 Å². The fraction of sp³-hybridized carbons (Fsp3) is 0.333. The minimum absolute atomic E-state index is 0.00772. The molecule has 3 rings (SSSR count). The number of nitrogens with zero attached hydrogens (tertiary/aromatic N) is 1. The minimum Gasteiger partial charge on any atom is -0.496 e. The van der Waals surface area contributed by atoms with Gasteiger partial charge >= 0.3 is 0 Å². The second kappa shape index (κ2) is 7.21. The second-order valence-electron chi connectivity index (χ2n) is 6.47. The quantitative estimate of drug-likeness (QED) is 0.752. The van der Waals surface area contributed by atoms with E-state index in [0.29, 0.717) is 25.3 Å². The Morgan fingerprint density at radius 3 is 2.37 bits per heavy atom. The summed E-state index contributed by atoms with van der Waals surface area (Å²) in [6.45, 7) is 0.737. The maximum atomic E-state index is 13.4. The van der Waals surface area contributed by atoms with Gasteiger partial charge in [0.25, 0.3) is 0 Å². The van der Waals surface area contributed by atoms with Crippen LogP contribution in [0.5, 0.6) is 5.75 Å². The van der Waals surface area contributed by atoms with Gasteiger partial charge in [-0.15, -0.1) is 0 Å². The van der Waals surface area contributed by atoms with E-state index in [4.69, 9.17) is 4.74 Å². The number of ether oxygens (including phenoxy) is 1. The summed E-state index contributed by atoms with van der Waals surface area (Å²) in [5.41, 5.74) is 0.752. The van der Waals surface area contributed by atoms with Gasteiger partial charge in [0.2, 0.25) is 19.9 Å². The number of benzene rings is 2. The molecule has 0 amide bonds. The van der Waals surface area contributed by atoms with Crippen LogP contribution in [-0.2, 0) is 19.9 Å². The van der Waals surface area contributed by atoms with E-state index in [0.717, 1.165) is 11.6 Å². The summed E-state index contributed by atoms with van der Waals surface area (Å²) in [6.07, 6.45) is 1.79. The van der Waals surface area contributed by atoms with Gasteiger partial charge in [-0.1, -0.05) is 12.1 Å². The van der Waals surface area contributed by atoms with Crippen molar-refractivity contribution in [2.24, 2.45) is 0 Å². The topological polar surface area (TPSA) is 80.8 Å². The third-order valence-corrected chi connectivity index (χ3v) is 7.70. The highest BCUT2D eigenvalue weighted by atomic mass is 32.2. The largest absolute Gasteiger partial charge is 0.496 e. The first kappa shape index (κ1) is 19.8. The molecule has 0 aliphatic carbocycles. The van der Waals surface area contributed by atoms with E-state index in [1.54, 1.807) is 6.07 Å². The van der Waals surface area contributed by atoms with Gasteiger partial charge in [-0.3, -0.25) is 0 Å². The van der Waals surface area contributed by atoms with Crippen molar-refractivity contribution in [1.29, 1.82) is 0 Å². The van der Waals surface area contributed by atoms with Crippen LogP contribution in [0.2, 0.25) is 0 Å². The van der Waals surface area contributed by atoms with E-state index in [9.17, 15) is 21.2 Å². The minimum atomic E-state index is -3.89. The van der Waals surface area contributed by atoms with E-state index in [1.165, 1.54) is 48.0 Å². The molecule has 9 heteroatoms. The van der Waals surface area contributed by atoms with Gasteiger partial charge in [-0.05, 0) is 42.3 Å². The molecule has 27 heavy (non-hydrogen) atoms. The Morgan fingerprint density at radius 1 is 1.07 bits per heavy atom. The van der Waals surface area contributed by atoms with Crippen LogP contribution in [0, 0.1) is 5.82 Å². The van der Waals surface area contributed by atoms with Crippen molar-refractivity contribution in [1.82, 2.24) is 4.31 Å². The van der Waals surface area contributed by atoms with E-state index < -0.39 is 25.7 Å². The summed E-state index contributed by atoms with van der Waals surface area (Å²) >= 11 is 0. The molecule has 1 fully saturated rings. The number of methoxy groups -OCH3 is 1. The van der Waals surface area contributed by atoms with Crippen LogP contribution in [0.15, 0.2) is 52.3 Å². The smallest absolute Gasteiger partial charge is 0.211 e. The molecule has 0 radical (unpaired) electrons. The molecule has 1 saturated heterocycles. The molecule has 0 saturated carbocycles. The molecule has 146 valence electrons. The van der Waals surface area contributed by atoms with Crippen LogP contribution in [-0.4, -0.2) is 47.6 Å². The summed E-state index contributed by atoms with van der Waals surface area (Å²) in [6, 6.07) is 9.31. The maximum Gasteiger partial charge on any atom is 0.211 e. The molecule has 0 N–H and O–H groups in total. The molecule has 0 unspecified atom stereocenters. The van der Waals surface area contributed by atoms with Crippen LogP contribution in [0.1, 0.15) is 17.9 Å².